The topological polar surface area (TPSA) is 26.3 Å². The molecule has 96 valence electrons. The van der Waals surface area contributed by atoms with Gasteiger partial charge in [0, 0.05) is 10.3 Å². The minimum absolute atomic E-state index is 0.272. The van der Waals surface area contributed by atoms with Crippen molar-refractivity contribution in [1.82, 2.24) is 0 Å². The van der Waals surface area contributed by atoms with Gasteiger partial charge in [0.05, 0.1) is 5.56 Å². The largest absolute Gasteiger partial charge is 0.422 e. The van der Waals surface area contributed by atoms with Gasteiger partial charge in [0.15, 0.2) is 0 Å². The van der Waals surface area contributed by atoms with Crippen molar-refractivity contribution in [1.29, 1.82) is 0 Å². The van der Waals surface area contributed by atoms with E-state index in [4.69, 9.17) is 4.74 Å². The van der Waals surface area contributed by atoms with Crippen molar-refractivity contribution in [2.75, 3.05) is 0 Å². The minimum atomic E-state index is -0.272. The third-order valence-corrected chi connectivity index (χ3v) is 4.39. The molecule has 0 atom stereocenters. The van der Waals surface area contributed by atoms with Crippen molar-refractivity contribution in [3.63, 3.8) is 0 Å². The van der Waals surface area contributed by atoms with Crippen LogP contribution in [0.3, 0.4) is 0 Å². The third-order valence-electron chi connectivity index (χ3n) is 3.41. The normalized spacial score (nSPS) is 15.6. The van der Waals surface area contributed by atoms with Gasteiger partial charge in [-0.25, -0.2) is 4.79 Å². The number of rotatable bonds is 1. The van der Waals surface area contributed by atoms with E-state index in [9.17, 15) is 4.79 Å². The highest BCUT2D eigenvalue weighted by molar-refractivity contribution is 7.17. The Kier molecular flexibility index (Phi) is 2.47. The number of esters is 1. The lowest BCUT2D eigenvalue weighted by atomic mass is 10.1. The molecule has 1 aliphatic rings. The Morgan fingerprint density at radius 3 is 2.60 bits per heavy atom. The Labute approximate surface area is 119 Å². The molecule has 20 heavy (non-hydrogen) atoms. The Morgan fingerprint density at radius 2 is 1.70 bits per heavy atom. The Bertz CT molecular complexity index is 858. The van der Waals surface area contributed by atoms with Crippen molar-refractivity contribution in [3.05, 3.63) is 70.6 Å². The van der Waals surface area contributed by atoms with Gasteiger partial charge in [-0.05, 0) is 34.5 Å². The summed E-state index contributed by atoms with van der Waals surface area (Å²) in [4.78, 5) is 11.8. The molecule has 0 saturated heterocycles. The zero-order chi connectivity index (χ0) is 13.5. The molecule has 2 nitrogen and oxygen atoms in total. The summed E-state index contributed by atoms with van der Waals surface area (Å²) in [6.45, 7) is 0. The summed E-state index contributed by atoms with van der Waals surface area (Å²) in [5.41, 5.74) is 2.59. The fraction of sp³-hybridized carbons (Fsp3) is 0. The van der Waals surface area contributed by atoms with Gasteiger partial charge < -0.3 is 4.74 Å². The summed E-state index contributed by atoms with van der Waals surface area (Å²) in [5, 5.41) is 3.28. The first-order valence-electron chi connectivity index (χ1n) is 6.32. The van der Waals surface area contributed by atoms with Crippen LogP contribution in [0.15, 0.2) is 53.9 Å². The molecule has 2 aromatic carbocycles. The molecule has 0 unspecified atom stereocenters. The number of carbonyl (C=O) groups excluding carboxylic acids is 1. The number of ether oxygens (including phenoxy) is 1. The van der Waals surface area contributed by atoms with Gasteiger partial charge in [-0.3, -0.25) is 0 Å². The predicted octanol–water partition coefficient (Wildman–Crippen LogP) is 4.57. The van der Waals surface area contributed by atoms with Crippen molar-refractivity contribution >= 4 is 39.2 Å². The lowest BCUT2D eigenvalue weighted by molar-refractivity contribution is 0.0717. The van der Waals surface area contributed by atoms with E-state index in [0.29, 0.717) is 11.3 Å². The summed E-state index contributed by atoms with van der Waals surface area (Å²) >= 11 is 1.69. The number of hydrogen-bond donors (Lipinski definition) is 0. The van der Waals surface area contributed by atoms with Crippen LogP contribution in [-0.4, -0.2) is 5.97 Å². The van der Waals surface area contributed by atoms with E-state index in [0.717, 1.165) is 11.1 Å². The second-order valence-corrected chi connectivity index (χ2v) is 5.54. The quantitative estimate of drug-likeness (QED) is 0.609. The zero-order valence-electron chi connectivity index (χ0n) is 10.5. The Hall–Kier alpha value is -2.39. The van der Waals surface area contributed by atoms with Crippen LogP contribution in [0.25, 0.3) is 21.9 Å². The van der Waals surface area contributed by atoms with Gasteiger partial charge in [-0.1, -0.05) is 36.4 Å². The van der Waals surface area contributed by atoms with Gasteiger partial charge in [0.2, 0.25) is 0 Å². The summed E-state index contributed by atoms with van der Waals surface area (Å²) in [7, 11) is 0. The van der Waals surface area contributed by atoms with Gasteiger partial charge in [-0.15, -0.1) is 11.3 Å². The van der Waals surface area contributed by atoms with E-state index in [1.54, 1.807) is 17.4 Å². The highest BCUT2D eigenvalue weighted by Crippen LogP contribution is 2.34. The smallest absolute Gasteiger partial charge is 0.344 e. The molecule has 2 heterocycles. The van der Waals surface area contributed by atoms with Gasteiger partial charge in [0.25, 0.3) is 0 Å². The van der Waals surface area contributed by atoms with Crippen LogP contribution in [0.5, 0.6) is 0 Å². The molecule has 0 aliphatic carbocycles. The van der Waals surface area contributed by atoms with Crippen LogP contribution in [-0.2, 0) is 4.74 Å². The van der Waals surface area contributed by atoms with Gasteiger partial charge in [-0.2, -0.15) is 0 Å². The Balaban J connectivity index is 1.88. The van der Waals surface area contributed by atoms with Crippen LogP contribution in [0.2, 0.25) is 0 Å². The van der Waals surface area contributed by atoms with E-state index in [1.807, 2.05) is 36.4 Å². The first-order valence-corrected chi connectivity index (χ1v) is 7.20. The molecule has 4 rings (SSSR count). The molecule has 3 heteroatoms. The number of hydrogen-bond acceptors (Lipinski definition) is 3. The maximum Gasteiger partial charge on any atom is 0.344 e. The summed E-state index contributed by atoms with van der Waals surface area (Å²) in [6, 6.07) is 15.7. The van der Waals surface area contributed by atoms with E-state index < -0.39 is 0 Å². The number of fused-ring (bicyclic) bond motifs is 2. The Morgan fingerprint density at radius 1 is 0.950 bits per heavy atom. The minimum Gasteiger partial charge on any atom is -0.422 e. The molecule has 3 aromatic rings. The monoisotopic (exact) mass is 278 g/mol. The first-order chi connectivity index (χ1) is 9.83. The van der Waals surface area contributed by atoms with E-state index >= 15 is 0 Å². The second-order valence-electron chi connectivity index (χ2n) is 4.63. The van der Waals surface area contributed by atoms with Crippen LogP contribution < -0.4 is 0 Å². The van der Waals surface area contributed by atoms with E-state index in [2.05, 4.69) is 17.5 Å². The standard InChI is InChI=1S/C17H10O2S/c18-17-14-7-2-1-6-13(14)15(19-17)9-11-10-20-16-8-4-3-5-12(11)16/h1-10H/b15-9-. The van der Waals surface area contributed by atoms with E-state index in [-0.39, 0.29) is 5.97 Å². The highest BCUT2D eigenvalue weighted by atomic mass is 32.1. The average molecular weight is 278 g/mol. The predicted molar refractivity (Wildman–Crippen MR) is 81.6 cm³/mol. The molecular formula is C17H10O2S. The first kappa shape index (κ1) is 11.4. The van der Waals surface area contributed by atoms with Crippen LogP contribution >= 0.6 is 11.3 Å². The lowest BCUT2D eigenvalue weighted by Crippen LogP contribution is -1.92. The molecule has 0 radical (unpaired) electrons. The van der Waals surface area contributed by atoms with Crippen LogP contribution in [0.4, 0.5) is 0 Å². The maximum absolute atomic E-state index is 11.8. The number of carbonyl (C=O) groups is 1. The summed E-state index contributed by atoms with van der Waals surface area (Å²) < 4.78 is 6.61. The second kappa shape index (κ2) is 4.32. The lowest BCUT2D eigenvalue weighted by Gasteiger charge is -1.98. The molecule has 0 bridgehead atoms. The molecule has 0 fully saturated rings. The van der Waals surface area contributed by atoms with Crippen LogP contribution in [0.1, 0.15) is 21.5 Å². The van der Waals surface area contributed by atoms with Crippen molar-refractivity contribution in [2.24, 2.45) is 0 Å². The molecule has 1 aliphatic heterocycles. The van der Waals surface area contributed by atoms with E-state index in [1.165, 1.54) is 10.1 Å². The average Bonchev–Trinajstić information content (AvgIpc) is 3.03. The zero-order valence-corrected chi connectivity index (χ0v) is 11.3. The maximum atomic E-state index is 11.8. The van der Waals surface area contributed by atoms with Gasteiger partial charge >= 0.3 is 5.97 Å². The SMILES string of the molecule is O=C1O/C(=C\c2csc3ccccc23)c2ccccc21. The van der Waals surface area contributed by atoms with Gasteiger partial charge in [0.1, 0.15) is 5.76 Å². The van der Waals surface area contributed by atoms with Crippen molar-refractivity contribution in [2.45, 2.75) is 0 Å². The molecule has 1 aromatic heterocycles. The fourth-order valence-electron chi connectivity index (χ4n) is 2.44. The third kappa shape index (κ3) is 1.67. The number of cyclic esters (lactones) is 1. The fourth-order valence-corrected chi connectivity index (χ4v) is 3.36. The summed E-state index contributed by atoms with van der Waals surface area (Å²) in [5.74, 6) is 0.362. The summed E-state index contributed by atoms with van der Waals surface area (Å²) in [6.07, 6.45) is 1.95. The molecular weight excluding hydrogens is 268 g/mol. The molecule has 0 amide bonds. The molecule has 0 saturated carbocycles. The number of thiophene rings is 1. The van der Waals surface area contributed by atoms with Crippen LogP contribution in [0, 0.1) is 0 Å². The number of benzene rings is 2. The highest BCUT2D eigenvalue weighted by Gasteiger charge is 2.25. The molecule has 0 spiro atoms. The van der Waals surface area contributed by atoms with Crippen molar-refractivity contribution in [3.8, 4) is 0 Å². The molecule has 0 N–H and O–H groups in total. The van der Waals surface area contributed by atoms with Crippen molar-refractivity contribution < 1.29 is 9.53 Å².